The first-order valence-corrected chi connectivity index (χ1v) is 15.4. The van der Waals surface area contributed by atoms with Crippen LogP contribution in [0.15, 0.2) is 12.7 Å². The number of hydrogen-bond donors (Lipinski definition) is 0. The molecule has 0 aromatic heterocycles. The first kappa shape index (κ1) is 42.7. The van der Waals surface area contributed by atoms with Gasteiger partial charge in [0.05, 0.1) is 158 Å². The molecule has 0 spiro atoms. The Morgan fingerprint density at radius 3 is 0.818 bits per heavy atom. The molecule has 0 heterocycles. The average molecular weight is 643 g/mol. The van der Waals surface area contributed by atoms with Crippen molar-refractivity contribution >= 4 is 5.97 Å². The lowest BCUT2D eigenvalue weighted by molar-refractivity contribution is -0.139. The standard InChI is InChI=1S/C30H58O14/c1-4-30(31)44-28-26-42-24-22-40-20-18-38-16-14-36-12-10-34-8-6-32-5-7-33-9-11-35-13-15-37-17-19-39-21-23-41-25-27-43-29(2)3/h4,29H,1,5-28H2,2-3H3. The smallest absolute Gasteiger partial charge is 0.330 e. The summed E-state index contributed by atoms with van der Waals surface area (Å²) in [5, 5.41) is 0. The Morgan fingerprint density at radius 2 is 0.614 bits per heavy atom. The van der Waals surface area contributed by atoms with Crippen molar-refractivity contribution in [2.45, 2.75) is 20.0 Å². The molecule has 0 aliphatic rings. The van der Waals surface area contributed by atoms with Gasteiger partial charge in [0.1, 0.15) is 6.61 Å². The largest absolute Gasteiger partial charge is 0.460 e. The molecule has 44 heavy (non-hydrogen) atoms. The van der Waals surface area contributed by atoms with Gasteiger partial charge < -0.3 is 61.6 Å². The zero-order chi connectivity index (χ0) is 32.0. The van der Waals surface area contributed by atoms with E-state index in [0.717, 1.165) is 6.08 Å². The minimum Gasteiger partial charge on any atom is -0.460 e. The first-order valence-electron chi connectivity index (χ1n) is 15.4. The number of carbonyl (C=O) groups is 1. The van der Waals surface area contributed by atoms with Crippen LogP contribution in [0, 0.1) is 0 Å². The highest BCUT2D eigenvalue weighted by Gasteiger charge is 1.98. The fraction of sp³-hybridized carbons (Fsp3) is 0.900. The number of carbonyl (C=O) groups excluding carboxylic acids is 1. The fourth-order valence-corrected chi connectivity index (χ4v) is 2.90. The molecule has 0 atom stereocenters. The summed E-state index contributed by atoms with van der Waals surface area (Å²) in [7, 11) is 0. The van der Waals surface area contributed by atoms with Gasteiger partial charge in [-0.15, -0.1) is 0 Å². The Labute approximate surface area is 263 Å². The summed E-state index contributed by atoms with van der Waals surface area (Å²) in [6.45, 7) is 19.0. The summed E-state index contributed by atoms with van der Waals surface area (Å²) >= 11 is 0. The molecule has 0 bridgehead atoms. The van der Waals surface area contributed by atoms with Crippen LogP contribution in [-0.2, 0) is 66.4 Å². The van der Waals surface area contributed by atoms with E-state index in [9.17, 15) is 4.79 Å². The molecule has 0 aliphatic carbocycles. The van der Waals surface area contributed by atoms with E-state index >= 15 is 0 Å². The van der Waals surface area contributed by atoms with Gasteiger partial charge >= 0.3 is 5.97 Å². The van der Waals surface area contributed by atoms with Crippen LogP contribution in [0.25, 0.3) is 0 Å². The minimum atomic E-state index is -0.459. The van der Waals surface area contributed by atoms with Crippen molar-refractivity contribution in [3.8, 4) is 0 Å². The third-order valence-corrected chi connectivity index (χ3v) is 5.04. The highest BCUT2D eigenvalue weighted by atomic mass is 16.6. The van der Waals surface area contributed by atoms with Crippen molar-refractivity contribution < 1.29 is 66.4 Å². The number of hydrogen-bond acceptors (Lipinski definition) is 14. The second-order valence-electron chi connectivity index (χ2n) is 9.03. The lowest BCUT2D eigenvalue weighted by Crippen LogP contribution is -2.15. The normalized spacial score (nSPS) is 11.4. The molecule has 0 fully saturated rings. The van der Waals surface area contributed by atoms with E-state index in [2.05, 4.69) is 6.58 Å². The SMILES string of the molecule is C=CC(=O)OCCOCCOCCOCCOCCOCCOCCOCCOCCOCCOCCOCCOC(C)C. The van der Waals surface area contributed by atoms with Gasteiger partial charge in [-0.2, -0.15) is 0 Å². The van der Waals surface area contributed by atoms with Crippen LogP contribution in [0.4, 0.5) is 0 Å². The van der Waals surface area contributed by atoms with Gasteiger partial charge in [0.15, 0.2) is 0 Å². The summed E-state index contributed by atoms with van der Waals surface area (Å²) < 4.78 is 69.8. The van der Waals surface area contributed by atoms with E-state index in [0.29, 0.717) is 152 Å². The van der Waals surface area contributed by atoms with Crippen LogP contribution in [0.5, 0.6) is 0 Å². The second kappa shape index (κ2) is 37.9. The van der Waals surface area contributed by atoms with E-state index in [-0.39, 0.29) is 12.7 Å². The van der Waals surface area contributed by atoms with Crippen molar-refractivity contribution in [3.05, 3.63) is 12.7 Å². The predicted molar refractivity (Wildman–Crippen MR) is 161 cm³/mol. The van der Waals surface area contributed by atoms with Gasteiger partial charge in [-0.05, 0) is 13.8 Å². The summed E-state index contributed by atoms with van der Waals surface area (Å²) in [6.07, 6.45) is 1.34. The third-order valence-electron chi connectivity index (χ3n) is 5.04. The molecule has 262 valence electrons. The monoisotopic (exact) mass is 642 g/mol. The lowest BCUT2D eigenvalue weighted by Gasteiger charge is -2.09. The Hall–Kier alpha value is -1.27. The highest BCUT2D eigenvalue weighted by Crippen LogP contribution is 1.89. The predicted octanol–water partition coefficient (Wildman–Crippen LogP) is 1.32. The van der Waals surface area contributed by atoms with E-state index in [1.165, 1.54) is 0 Å². The quantitative estimate of drug-likeness (QED) is 0.0544. The summed E-state index contributed by atoms with van der Waals surface area (Å²) in [5.41, 5.74) is 0. The van der Waals surface area contributed by atoms with Crippen LogP contribution >= 0.6 is 0 Å². The van der Waals surface area contributed by atoms with Gasteiger partial charge in [-0.3, -0.25) is 0 Å². The van der Waals surface area contributed by atoms with Crippen LogP contribution in [0.3, 0.4) is 0 Å². The summed E-state index contributed by atoms with van der Waals surface area (Å²) in [5.74, 6) is -0.459. The van der Waals surface area contributed by atoms with Crippen molar-refractivity contribution in [3.63, 3.8) is 0 Å². The summed E-state index contributed by atoms with van der Waals surface area (Å²) in [4.78, 5) is 10.8. The van der Waals surface area contributed by atoms with Crippen molar-refractivity contribution in [2.75, 3.05) is 159 Å². The first-order chi connectivity index (χ1) is 21.7. The van der Waals surface area contributed by atoms with Crippen LogP contribution in [0.1, 0.15) is 13.8 Å². The maximum absolute atomic E-state index is 10.8. The van der Waals surface area contributed by atoms with E-state index in [1.807, 2.05) is 13.8 Å². The van der Waals surface area contributed by atoms with Crippen LogP contribution < -0.4 is 0 Å². The molecule has 0 aromatic rings. The van der Waals surface area contributed by atoms with Crippen LogP contribution in [-0.4, -0.2) is 171 Å². The second-order valence-corrected chi connectivity index (χ2v) is 9.03. The average Bonchev–Trinajstić information content (AvgIpc) is 3.02. The summed E-state index contributed by atoms with van der Waals surface area (Å²) in [6, 6.07) is 0. The Bertz CT molecular complexity index is 582. The molecule has 0 saturated heterocycles. The van der Waals surface area contributed by atoms with Gasteiger partial charge in [0, 0.05) is 6.08 Å². The van der Waals surface area contributed by atoms with Crippen molar-refractivity contribution in [1.29, 1.82) is 0 Å². The molecule has 0 amide bonds. The van der Waals surface area contributed by atoms with Crippen molar-refractivity contribution in [1.82, 2.24) is 0 Å². The molecule has 0 rings (SSSR count). The Morgan fingerprint density at radius 1 is 0.409 bits per heavy atom. The molecule has 0 aromatic carbocycles. The zero-order valence-corrected chi connectivity index (χ0v) is 27.0. The topological polar surface area (TPSA) is 137 Å². The molecule has 0 saturated carbocycles. The minimum absolute atomic E-state index is 0.198. The zero-order valence-electron chi connectivity index (χ0n) is 27.0. The van der Waals surface area contributed by atoms with Gasteiger partial charge in [-0.25, -0.2) is 4.79 Å². The number of rotatable bonds is 38. The van der Waals surface area contributed by atoms with Gasteiger partial charge in [0.25, 0.3) is 0 Å². The molecule has 14 nitrogen and oxygen atoms in total. The molecule has 0 radical (unpaired) electrons. The third kappa shape index (κ3) is 38.8. The lowest BCUT2D eigenvalue weighted by atomic mass is 10.5. The van der Waals surface area contributed by atoms with E-state index in [1.54, 1.807) is 0 Å². The molecule has 0 N–H and O–H groups in total. The Kier molecular flexibility index (Phi) is 36.8. The number of esters is 1. The molecular formula is C30H58O14. The van der Waals surface area contributed by atoms with E-state index < -0.39 is 5.97 Å². The fourth-order valence-electron chi connectivity index (χ4n) is 2.90. The Balaban J connectivity index is 3.05. The van der Waals surface area contributed by atoms with E-state index in [4.69, 9.17) is 61.6 Å². The van der Waals surface area contributed by atoms with Crippen molar-refractivity contribution in [2.24, 2.45) is 0 Å². The molecule has 0 unspecified atom stereocenters. The number of ether oxygens (including phenoxy) is 13. The van der Waals surface area contributed by atoms with Gasteiger partial charge in [-0.1, -0.05) is 6.58 Å². The van der Waals surface area contributed by atoms with Crippen LogP contribution in [0.2, 0.25) is 0 Å². The maximum Gasteiger partial charge on any atom is 0.330 e. The maximum atomic E-state index is 10.8. The molecule has 0 aliphatic heterocycles. The molecule has 14 heteroatoms. The highest BCUT2D eigenvalue weighted by molar-refractivity contribution is 5.81. The van der Waals surface area contributed by atoms with Gasteiger partial charge in [0.2, 0.25) is 0 Å². The molecular weight excluding hydrogens is 584 g/mol.